The Morgan fingerprint density at radius 2 is 2.03 bits per heavy atom. The van der Waals surface area contributed by atoms with E-state index in [1.54, 1.807) is 12.1 Å². The van der Waals surface area contributed by atoms with Crippen molar-refractivity contribution in [1.29, 1.82) is 0 Å². The van der Waals surface area contributed by atoms with E-state index in [0.29, 0.717) is 17.8 Å². The summed E-state index contributed by atoms with van der Waals surface area (Å²) in [5.41, 5.74) is 2.21. The molecule has 5 heteroatoms. The highest BCUT2D eigenvalue weighted by molar-refractivity contribution is 5.69. The molecule has 3 fully saturated rings. The van der Waals surface area contributed by atoms with Crippen molar-refractivity contribution in [2.45, 2.75) is 43.3 Å². The second-order valence-corrected chi connectivity index (χ2v) is 9.24. The first-order valence-electron chi connectivity index (χ1n) is 10.7. The smallest absolute Gasteiger partial charge is 0.269 e. The molecule has 2 aromatic rings. The summed E-state index contributed by atoms with van der Waals surface area (Å²) in [6.07, 6.45) is 6.96. The Hall–Kier alpha value is -2.53. The maximum absolute atomic E-state index is 11.5. The highest BCUT2D eigenvalue weighted by atomic mass is 16.6. The molecule has 5 aliphatic rings. The van der Waals surface area contributed by atoms with E-state index in [-0.39, 0.29) is 21.7 Å². The number of hydrogen-bond acceptors (Lipinski definition) is 4. The lowest BCUT2D eigenvalue weighted by molar-refractivity contribution is -0.385. The highest BCUT2D eigenvalue weighted by Crippen LogP contribution is 2.69. The van der Waals surface area contributed by atoms with Gasteiger partial charge in [0.2, 0.25) is 0 Å². The number of benzene rings is 2. The van der Waals surface area contributed by atoms with Gasteiger partial charge in [-0.15, -0.1) is 0 Å². The molecule has 0 aromatic heterocycles. The lowest BCUT2D eigenvalue weighted by atomic mass is 9.53. The molecule has 0 unspecified atom stereocenters. The first-order chi connectivity index (χ1) is 14.1. The Morgan fingerprint density at radius 1 is 1.17 bits per heavy atom. The van der Waals surface area contributed by atoms with Crippen molar-refractivity contribution in [3.05, 3.63) is 75.8 Å². The van der Waals surface area contributed by atoms with Gasteiger partial charge in [-0.25, -0.2) is 0 Å². The van der Waals surface area contributed by atoms with Crippen LogP contribution < -0.4 is 0 Å². The van der Waals surface area contributed by atoms with Gasteiger partial charge in [0.15, 0.2) is 0 Å². The zero-order valence-corrected chi connectivity index (χ0v) is 16.4. The molecule has 1 saturated heterocycles. The second-order valence-electron chi connectivity index (χ2n) is 9.24. The van der Waals surface area contributed by atoms with Gasteiger partial charge >= 0.3 is 0 Å². The summed E-state index contributed by atoms with van der Waals surface area (Å²) in [6, 6.07) is 18.1. The monoisotopic (exact) mass is 387 g/mol. The number of likely N-dealkylation sites (tertiary alicyclic amines) is 1. The molecule has 0 radical (unpaired) electrons. The number of aliphatic imine (C=N–C) groups is 1. The fraction of sp³-hybridized carbons (Fsp3) is 0.458. The van der Waals surface area contributed by atoms with Crippen molar-refractivity contribution in [2.75, 3.05) is 6.54 Å². The number of nitro benzene ring substituents is 1. The molecule has 7 rings (SSSR count). The fourth-order valence-corrected chi connectivity index (χ4v) is 7.36. The molecule has 5 nitrogen and oxygen atoms in total. The predicted octanol–water partition coefficient (Wildman–Crippen LogP) is 4.57. The van der Waals surface area contributed by atoms with Crippen LogP contribution in [0.3, 0.4) is 0 Å². The summed E-state index contributed by atoms with van der Waals surface area (Å²) in [6.45, 7) is 1.97. The number of non-ortho nitro benzene ring substituents is 1. The average molecular weight is 387 g/mol. The van der Waals surface area contributed by atoms with Gasteiger partial charge in [-0.2, -0.15) is 0 Å². The zero-order chi connectivity index (χ0) is 19.6. The topological polar surface area (TPSA) is 58.7 Å². The van der Waals surface area contributed by atoms with Crippen molar-refractivity contribution < 1.29 is 4.92 Å². The van der Waals surface area contributed by atoms with Crippen molar-refractivity contribution >= 4 is 11.9 Å². The maximum atomic E-state index is 11.5. The van der Waals surface area contributed by atoms with Gasteiger partial charge in [0.1, 0.15) is 5.54 Å². The van der Waals surface area contributed by atoms with Crippen LogP contribution in [0.1, 0.15) is 36.8 Å². The van der Waals surface area contributed by atoms with Crippen LogP contribution >= 0.6 is 0 Å². The van der Waals surface area contributed by atoms with E-state index < -0.39 is 0 Å². The molecule has 5 atom stereocenters. The van der Waals surface area contributed by atoms with Crippen LogP contribution in [0.5, 0.6) is 0 Å². The molecular weight excluding hydrogens is 362 g/mol. The van der Waals surface area contributed by atoms with Crippen molar-refractivity contribution in [1.82, 2.24) is 4.90 Å². The standard InChI is InChI=1S/C24H25N3O2/c28-27(29)21-9-4-8-19(13-21)24-20-12-18(14-25-24)22-10-5-11-23(22,24)26(16-20)15-17-6-2-1-3-7-17/h1-4,6-9,13-14,18,20,22H,5,10-12,15-16H2/t18-,20-,22+,23-,24-/m0/s1. The van der Waals surface area contributed by atoms with Crippen LogP contribution in [0.15, 0.2) is 59.6 Å². The summed E-state index contributed by atoms with van der Waals surface area (Å²) < 4.78 is 0. The number of nitrogens with zero attached hydrogens (tertiary/aromatic N) is 3. The Balaban J connectivity index is 1.52. The van der Waals surface area contributed by atoms with Gasteiger partial charge in [0, 0.05) is 37.4 Å². The number of hydrogen-bond donors (Lipinski definition) is 0. The van der Waals surface area contributed by atoms with Gasteiger partial charge < -0.3 is 0 Å². The van der Waals surface area contributed by atoms with Crippen molar-refractivity contribution in [3.63, 3.8) is 0 Å². The SMILES string of the molecule is O=[N+]([O-])c1cccc([C@]23N=C[C@@H]4C[C@H]2CN(Cc2ccccc2)[C@]32CCC[C@H]42)c1. The van der Waals surface area contributed by atoms with E-state index in [1.165, 1.54) is 18.4 Å². The first kappa shape index (κ1) is 17.3. The minimum Gasteiger partial charge on any atom is -0.290 e. The van der Waals surface area contributed by atoms with Gasteiger partial charge in [0.25, 0.3) is 5.69 Å². The second kappa shape index (κ2) is 5.99. The van der Waals surface area contributed by atoms with E-state index in [2.05, 4.69) is 47.5 Å². The van der Waals surface area contributed by atoms with Crippen LogP contribution in [0.2, 0.25) is 0 Å². The van der Waals surface area contributed by atoms with Crippen LogP contribution in [0.25, 0.3) is 0 Å². The summed E-state index contributed by atoms with van der Waals surface area (Å²) >= 11 is 0. The maximum Gasteiger partial charge on any atom is 0.269 e. The Kier molecular flexibility index (Phi) is 3.58. The molecule has 2 aromatic carbocycles. The molecule has 29 heavy (non-hydrogen) atoms. The Morgan fingerprint density at radius 3 is 2.86 bits per heavy atom. The molecule has 2 aliphatic carbocycles. The molecule has 148 valence electrons. The van der Waals surface area contributed by atoms with Crippen LogP contribution in [0, 0.1) is 27.9 Å². The van der Waals surface area contributed by atoms with Crippen molar-refractivity contribution in [3.8, 4) is 0 Å². The molecule has 3 aliphatic heterocycles. The quantitative estimate of drug-likeness (QED) is 0.571. The van der Waals surface area contributed by atoms with E-state index >= 15 is 0 Å². The summed E-state index contributed by atoms with van der Waals surface area (Å²) in [4.78, 5) is 19.2. The molecule has 1 spiro atoms. The number of nitro groups is 1. The molecule has 3 heterocycles. The summed E-state index contributed by atoms with van der Waals surface area (Å²) in [7, 11) is 0. The minimum absolute atomic E-state index is 0.0135. The molecule has 2 saturated carbocycles. The third-order valence-corrected chi connectivity index (χ3v) is 8.20. The van der Waals surface area contributed by atoms with Gasteiger partial charge in [-0.3, -0.25) is 20.0 Å². The lowest BCUT2D eigenvalue weighted by Gasteiger charge is -2.58. The minimum atomic E-state index is -0.344. The first-order valence-corrected chi connectivity index (χ1v) is 10.7. The third-order valence-electron chi connectivity index (χ3n) is 8.20. The predicted molar refractivity (Wildman–Crippen MR) is 112 cm³/mol. The third kappa shape index (κ3) is 2.11. The molecule has 0 amide bonds. The normalized spacial score (nSPS) is 37.0. The van der Waals surface area contributed by atoms with E-state index in [0.717, 1.165) is 31.5 Å². The van der Waals surface area contributed by atoms with Gasteiger partial charge in [0.05, 0.1) is 10.5 Å². The van der Waals surface area contributed by atoms with E-state index in [4.69, 9.17) is 4.99 Å². The molecule has 0 N–H and O–H groups in total. The Labute approximate surface area is 170 Å². The summed E-state index contributed by atoms with van der Waals surface area (Å²) in [5, 5.41) is 11.5. The fourth-order valence-electron chi connectivity index (χ4n) is 7.36. The van der Waals surface area contributed by atoms with E-state index in [1.807, 2.05) is 6.07 Å². The Bertz CT molecular complexity index is 1010. The van der Waals surface area contributed by atoms with Gasteiger partial charge in [-0.1, -0.05) is 48.9 Å². The lowest BCUT2D eigenvalue weighted by Crippen LogP contribution is -2.65. The largest absolute Gasteiger partial charge is 0.290 e. The molecular formula is C24H25N3O2. The van der Waals surface area contributed by atoms with Crippen LogP contribution in [-0.2, 0) is 12.1 Å². The van der Waals surface area contributed by atoms with Gasteiger partial charge in [-0.05, 0) is 42.2 Å². The van der Waals surface area contributed by atoms with Crippen molar-refractivity contribution in [2.24, 2.45) is 22.7 Å². The highest BCUT2D eigenvalue weighted by Gasteiger charge is 2.74. The average Bonchev–Trinajstić information content (AvgIpc) is 3.30. The van der Waals surface area contributed by atoms with Crippen LogP contribution in [0.4, 0.5) is 5.69 Å². The number of rotatable bonds is 4. The zero-order valence-electron chi connectivity index (χ0n) is 16.4. The van der Waals surface area contributed by atoms with Crippen LogP contribution in [-0.4, -0.2) is 28.1 Å². The molecule has 4 bridgehead atoms. The van der Waals surface area contributed by atoms with E-state index in [9.17, 15) is 10.1 Å². The summed E-state index contributed by atoms with van der Waals surface area (Å²) in [5.74, 6) is 1.59.